The summed E-state index contributed by atoms with van der Waals surface area (Å²) in [5.41, 5.74) is 1.09. The van der Waals surface area contributed by atoms with Crippen LogP contribution in [-0.4, -0.2) is 79.4 Å². The van der Waals surface area contributed by atoms with Crippen molar-refractivity contribution in [2.45, 2.75) is 32.7 Å². The van der Waals surface area contributed by atoms with Crippen LogP contribution in [0.3, 0.4) is 0 Å². The predicted molar refractivity (Wildman–Crippen MR) is 135 cm³/mol. The van der Waals surface area contributed by atoms with Gasteiger partial charge in [-0.2, -0.15) is 0 Å². The van der Waals surface area contributed by atoms with Gasteiger partial charge in [0.05, 0.1) is 6.54 Å². The normalized spacial score (nSPS) is 17.8. The van der Waals surface area contributed by atoms with E-state index in [-0.39, 0.29) is 24.0 Å². The molecule has 1 aromatic rings. The fourth-order valence-corrected chi connectivity index (χ4v) is 4.02. The molecule has 1 heterocycles. The van der Waals surface area contributed by atoms with E-state index in [4.69, 9.17) is 16.6 Å². The van der Waals surface area contributed by atoms with E-state index in [1.807, 2.05) is 31.3 Å². The second-order valence-electron chi connectivity index (χ2n) is 7.98. The molecule has 0 unspecified atom stereocenters. The molecular weight excluding hydrogens is 513 g/mol. The Bertz CT molecular complexity index is 705. The van der Waals surface area contributed by atoms with Gasteiger partial charge < -0.3 is 15.1 Å². The molecule has 30 heavy (non-hydrogen) atoms. The van der Waals surface area contributed by atoms with Crippen molar-refractivity contribution in [3.05, 3.63) is 34.9 Å². The number of amides is 1. The van der Waals surface area contributed by atoms with Gasteiger partial charge in [-0.3, -0.25) is 14.7 Å². The molecule has 0 bridgehead atoms. The molecular formula is C22H35ClIN5O. The van der Waals surface area contributed by atoms with Gasteiger partial charge in [0.1, 0.15) is 0 Å². The van der Waals surface area contributed by atoms with E-state index in [0.717, 1.165) is 75.2 Å². The molecule has 0 spiro atoms. The third-order valence-corrected chi connectivity index (χ3v) is 6.25. The lowest BCUT2D eigenvalue weighted by molar-refractivity contribution is -0.139. The summed E-state index contributed by atoms with van der Waals surface area (Å²) in [6, 6.07) is 7.93. The molecule has 168 valence electrons. The van der Waals surface area contributed by atoms with Crippen LogP contribution in [0.25, 0.3) is 0 Å². The van der Waals surface area contributed by atoms with Crippen LogP contribution in [0.15, 0.2) is 29.3 Å². The van der Waals surface area contributed by atoms with E-state index in [2.05, 4.69) is 26.9 Å². The van der Waals surface area contributed by atoms with Crippen LogP contribution in [0.4, 0.5) is 0 Å². The minimum atomic E-state index is 0. The van der Waals surface area contributed by atoms with Gasteiger partial charge in [0.15, 0.2) is 5.96 Å². The number of nitrogens with one attached hydrogen (secondary N) is 1. The number of rotatable bonds is 7. The van der Waals surface area contributed by atoms with E-state index < -0.39 is 0 Å². The first-order valence-corrected chi connectivity index (χ1v) is 11.2. The number of halogens is 2. The molecule has 3 rings (SSSR count). The maximum atomic E-state index is 12.4. The quantitative estimate of drug-likeness (QED) is 0.323. The molecule has 1 saturated carbocycles. The van der Waals surface area contributed by atoms with E-state index in [1.165, 1.54) is 6.42 Å². The molecule has 1 aliphatic carbocycles. The Morgan fingerprint density at radius 2 is 1.93 bits per heavy atom. The minimum Gasteiger partial charge on any atom is -0.357 e. The van der Waals surface area contributed by atoms with Gasteiger partial charge >= 0.3 is 0 Å². The molecule has 1 amide bonds. The molecule has 1 saturated heterocycles. The second kappa shape index (κ2) is 12.7. The Kier molecular flexibility index (Phi) is 10.7. The third-order valence-electron chi connectivity index (χ3n) is 5.88. The van der Waals surface area contributed by atoms with Crippen LogP contribution < -0.4 is 5.32 Å². The summed E-state index contributed by atoms with van der Waals surface area (Å²) in [7, 11) is 2.04. The third kappa shape index (κ3) is 6.99. The van der Waals surface area contributed by atoms with Gasteiger partial charge in [-0.15, -0.1) is 24.0 Å². The second-order valence-corrected chi connectivity index (χ2v) is 8.39. The number of benzene rings is 1. The highest BCUT2D eigenvalue weighted by Crippen LogP contribution is 2.28. The smallest absolute Gasteiger partial charge is 0.225 e. The highest BCUT2D eigenvalue weighted by atomic mass is 127. The van der Waals surface area contributed by atoms with Crippen LogP contribution in [0.1, 0.15) is 31.7 Å². The molecule has 0 aromatic heterocycles. The number of guanidine groups is 1. The van der Waals surface area contributed by atoms with E-state index in [9.17, 15) is 4.79 Å². The van der Waals surface area contributed by atoms with Crippen molar-refractivity contribution in [1.29, 1.82) is 0 Å². The zero-order valence-electron chi connectivity index (χ0n) is 18.1. The number of piperazine rings is 1. The van der Waals surface area contributed by atoms with Gasteiger partial charge in [-0.1, -0.05) is 36.2 Å². The van der Waals surface area contributed by atoms with Gasteiger partial charge in [0.25, 0.3) is 0 Å². The van der Waals surface area contributed by atoms with Gasteiger partial charge in [0.2, 0.25) is 5.91 Å². The number of hydrogen-bond donors (Lipinski definition) is 1. The van der Waals surface area contributed by atoms with Crippen molar-refractivity contribution in [1.82, 2.24) is 20.0 Å². The Morgan fingerprint density at radius 3 is 2.53 bits per heavy atom. The van der Waals surface area contributed by atoms with E-state index >= 15 is 0 Å². The summed E-state index contributed by atoms with van der Waals surface area (Å²) >= 11 is 6.30. The predicted octanol–water partition coefficient (Wildman–Crippen LogP) is 3.30. The first kappa shape index (κ1) is 25.2. The summed E-state index contributed by atoms with van der Waals surface area (Å²) in [5, 5.41) is 4.15. The monoisotopic (exact) mass is 547 g/mol. The largest absolute Gasteiger partial charge is 0.357 e. The number of carbonyl (C=O) groups excluding carboxylic acids is 1. The minimum absolute atomic E-state index is 0. The number of carbonyl (C=O) groups is 1. The van der Waals surface area contributed by atoms with Crippen molar-refractivity contribution in [2.75, 3.05) is 52.9 Å². The van der Waals surface area contributed by atoms with Crippen LogP contribution in [0, 0.1) is 5.92 Å². The summed E-state index contributed by atoms with van der Waals surface area (Å²) in [4.78, 5) is 23.8. The van der Waals surface area contributed by atoms with Gasteiger partial charge in [-0.25, -0.2) is 0 Å². The van der Waals surface area contributed by atoms with Crippen LogP contribution in [-0.2, 0) is 11.3 Å². The van der Waals surface area contributed by atoms with E-state index in [1.54, 1.807) is 0 Å². The fraction of sp³-hybridized carbons (Fsp3) is 0.636. The summed E-state index contributed by atoms with van der Waals surface area (Å²) < 4.78 is 0. The molecule has 1 aliphatic heterocycles. The van der Waals surface area contributed by atoms with Crippen molar-refractivity contribution in [2.24, 2.45) is 10.9 Å². The first-order valence-electron chi connectivity index (χ1n) is 10.8. The van der Waals surface area contributed by atoms with Crippen LogP contribution in [0.2, 0.25) is 5.02 Å². The molecule has 1 N–H and O–H groups in total. The van der Waals surface area contributed by atoms with Crippen LogP contribution >= 0.6 is 35.6 Å². The SMILES string of the molecule is CCNC(=NCCN1CCN(C(=O)C2CCC2)CC1)N(C)Cc1ccccc1Cl.I. The fourth-order valence-electron chi connectivity index (χ4n) is 3.83. The Balaban J connectivity index is 0.00000320. The Hall–Kier alpha value is -1.06. The number of hydrogen-bond acceptors (Lipinski definition) is 3. The van der Waals surface area contributed by atoms with Gasteiger partial charge in [-0.05, 0) is 31.4 Å². The molecule has 1 aromatic carbocycles. The van der Waals surface area contributed by atoms with Gasteiger partial charge in [0, 0.05) is 63.8 Å². The molecule has 0 radical (unpaired) electrons. The lowest BCUT2D eigenvalue weighted by Crippen LogP contribution is -2.51. The van der Waals surface area contributed by atoms with Crippen molar-refractivity contribution in [3.8, 4) is 0 Å². The summed E-state index contributed by atoms with van der Waals surface area (Å²) in [6.45, 7) is 8.88. The lowest BCUT2D eigenvalue weighted by atomic mass is 9.84. The summed E-state index contributed by atoms with van der Waals surface area (Å²) in [6.07, 6.45) is 3.39. The van der Waals surface area contributed by atoms with E-state index in [0.29, 0.717) is 18.4 Å². The Morgan fingerprint density at radius 1 is 1.23 bits per heavy atom. The zero-order valence-corrected chi connectivity index (χ0v) is 21.2. The Labute approximate surface area is 203 Å². The topological polar surface area (TPSA) is 51.2 Å². The molecule has 0 atom stereocenters. The summed E-state index contributed by atoms with van der Waals surface area (Å²) in [5.74, 6) is 1.58. The highest BCUT2D eigenvalue weighted by Gasteiger charge is 2.30. The average Bonchev–Trinajstić information content (AvgIpc) is 2.68. The molecule has 2 aliphatic rings. The maximum Gasteiger partial charge on any atom is 0.225 e. The average molecular weight is 548 g/mol. The maximum absolute atomic E-state index is 12.4. The number of aliphatic imine (C=N–C) groups is 1. The molecule has 6 nitrogen and oxygen atoms in total. The van der Waals surface area contributed by atoms with Crippen molar-refractivity contribution < 1.29 is 4.79 Å². The lowest BCUT2D eigenvalue weighted by Gasteiger charge is -2.38. The standard InChI is InChI=1S/C22H34ClN5O.HI/c1-3-24-22(26(2)17-19-7-4-5-10-20(19)23)25-11-12-27-13-15-28(16-14-27)21(29)18-8-6-9-18;/h4-5,7,10,18H,3,6,8-9,11-17H2,1-2H3,(H,24,25);1H. The van der Waals surface area contributed by atoms with Crippen LogP contribution in [0.5, 0.6) is 0 Å². The van der Waals surface area contributed by atoms with Crippen molar-refractivity contribution >= 4 is 47.4 Å². The highest BCUT2D eigenvalue weighted by molar-refractivity contribution is 14.0. The number of nitrogens with zero attached hydrogens (tertiary/aromatic N) is 4. The first-order chi connectivity index (χ1) is 14.1. The molecule has 2 fully saturated rings. The molecule has 8 heteroatoms. The van der Waals surface area contributed by atoms with Crippen molar-refractivity contribution in [3.63, 3.8) is 0 Å². The zero-order chi connectivity index (χ0) is 20.6.